The molecule has 314 valence electrons. The average molecular weight is 807 g/mol. The third kappa shape index (κ3) is 7.26. The summed E-state index contributed by atoms with van der Waals surface area (Å²) in [4.78, 5) is 61.4. The number of aryl methyl sites for hydroxylation is 1. The molecule has 14 heteroatoms. The first-order valence-corrected chi connectivity index (χ1v) is 21.3. The largest absolute Gasteiger partial charge is 0.496 e. The van der Waals surface area contributed by atoms with Gasteiger partial charge in [-0.15, -0.1) is 0 Å². The molecule has 2 unspecified atom stereocenters. The molecule has 0 saturated carbocycles. The highest BCUT2D eigenvalue weighted by Gasteiger charge is 2.47. The van der Waals surface area contributed by atoms with E-state index in [0.717, 1.165) is 92.7 Å². The normalized spacial score (nSPS) is 22.6. The number of aromatic nitrogens is 1. The summed E-state index contributed by atoms with van der Waals surface area (Å²) in [7, 11) is 6.78. The lowest BCUT2D eigenvalue weighted by atomic mass is 9.71. The van der Waals surface area contributed by atoms with Crippen LogP contribution in [0.15, 0.2) is 41.3 Å². The fourth-order valence-corrected chi connectivity index (χ4v) is 10.8. The van der Waals surface area contributed by atoms with Gasteiger partial charge in [-0.3, -0.25) is 29.5 Å². The number of fused-ring (bicyclic) bond motifs is 2. The molecule has 2 N–H and O–H groups in total. The van der Waals surface area contributed by atoms with Gasteiger partial charge in [0.2, 0.25) is 11.8 Å². The Balaban J connectivity index is 0.783. The maximum Gasteiger partial charge on any atom is 0.317 e. The molecule has 4 saturated heterocycles. The van der Waals surface area contributed by atoms with E-state index in [1.807, 2.05) is 6.20 Å². The number of piperidine rings is 2. The van der Waals surface area contributed by atoms with Gasteiger partial charge in [-0.2, -0.15) is 0 Å². The number of urea groups is 1. The van der Waals surface area contributed by atoms with Crippen LogP contribution in [0.25, 0.3) is 11.1 Å². The monoisotopic (exact) mass is 806 g/mol. The summed E-state index contributed by atoms with van der Waals surface area (Å²) >= 11 is 0. The molecule has 0 bridgehead atoms. The molecular formula is C45H58N8O6. The maximum atomic E-state index is 13.2. The number of ether oxygens (including phenoxy) is 2. The van der Waals surface area contributed by atoms with Crippen molar-refractivity contribution in [2.45, 2.75) is 77.3 Å². The third-order valence-electron chi connectivity index (χ3n) is 14.5. The van der Waals surface area contributed by atoms with Crippen molar-refractivity contribution in [3.8, 4) is 22.6 Å². The lowest BCUT2D eigenvalue weighted by molar-refractivity contribution is -0.137. The number of rotatable bonds is 9. The Hall–Kier alpha value is -4.92. The number of imide groups is 1. The standard InChI is InChI=1S/C45H58N8O6/c1-28(50-14-11-45(12-15-50)26-53(27-45)33-7-6-29-21-52(22-31(29)16-33)38-8-9-41(54)47-42(38)55)32-19-49(20-32)24-37-39(58-4)17-30(18-40(37)59-5)35-23-48(3)43(56)36-25-51(44(57)46-2)13-10-34(35)36/h6-7,16-18,23,28,32,38H,8-15,19-22,24-27H2,1-5H3,(H,46,57)(H,47,54,55). The zero-order valence-electron chi connectivity index (χ0n) is 35.1. The average Bonchev–Trinajstić information content (AvgIpc) is 3.64. The van der Waals surface area contributed by atoms with Crippen LogP contribution in [0.1, 0.15) is 60.4 Å². The van der Waals surface area contributed by atoms with Crippen molar-refractivity contribution in [3.63, 3.8) is 0 Å². The smallest absolute Gasteiger partial charge is 0.317 e. The minimum absolute atomic E-state index is 0.0807. The van der Waals surface area contributed by atoms with Gasteiger partial charge < -0.3 is 34.1 Å². The number of amides is 4. The number of nitrogens with zero attached hydrogens (tertiary/aromatic N) is 6. The van der Waals surface area contributed by atoms with E-state index in [4.69, 9.17) is 9.47 Å². The fourth-order valence-electron chi connectivity index (χ4n) is 10.8. The van der Waals surface area contributed by atoms with Gasteiger partial charge in [0.25, 0.3) is 5.56 Å². The van der Waals surface area contributed by atoms with Gasteiger partial charge in [0.05, 0.1) is 32.4 Å². The number of benzene rings is 2. The van der Waals surface area contributed by atoms with E-state index < -0.39 is 0 Å². The molecule has 6 aliphatic rings. The molecule has 0 aliphatic carbocycles. The summed E-state index contributed by atoms with van der Waals surface area (Å²) in [6.07, 6.45) is 5.95. The number of hydrogen-bond acceptors (Lipinski definition) is 10. The summed E-state index contributed by atoms with van der Waals surface area (Å²) in [5, 5.41) is 5.20. The number of pyridine rings is 1. The molecule has 7 heterocycles. The van der Waals surface area contributed by atoms with Crippen LogP contribution in [0, 0.1) is 11.3 Å². The number of hydrogen-bond donors (Lipinski definition) is 2. The number of anilines is 1. The highest BCUT2D eigenvalue weighted by Crippen LogP contribution is 2.45. The first kappa shape index (κ1) is 39.5. The van der Waals surface area contributed by atoms with Crippen molar-refractivity contribution in [1.82, 2.24) is 34.8 Å². The van der Waals surface area contributed by atoms with Crippen LogP contribution in [-0.2, 0) is 49.2 Å². The van der Waals surface area contributed by atoms with Crippen LogP contribution in [0.3, 0.4) is 0 Å². The van der Waals surface area contributed by atoms with Crippen molar-refractivity contribution < 1.29 is 23.9 Å². The van der Waals surface area contributed by atoms with E-state index in [1.165, 1.54) is 29.7 Å². The summed E-state index contributed by atoms with van der Waals surface area (Å²) in [6, 6.07) is 11.1. The SMILES string of the molecule is CNC(=O)N1CCc2c(-c3cc(OC)c(CN4CC(C(C)N5CCC6(CC5)CN(c5ccc7c(c5)CN(C5CCC(=O)NC5=O)C7)C6)C4)c(OC)c3)cn(C)c(=O)c2C1. The molecule has 4 amide bonds. The van der Waals surface area contributed by atoms with Gasteiger partial charge in [0, 0.05) is 107 Å². The second kappa shape index (κ2) is 15.6. The van der Waals surface area contributed by atoms with Crippen LogP contribution in [-0.4, -0.2) is 121 Å². The quantitative estimate of drug-likeness (QED) is 0.311. The Kier molecular flexibility index (Phi) is 10.5. The van der Waals surface area contributed by atoms with E-state index in [1.54, 1.807) is 37.8 Å². The predicted octanol–water partition coefficient (Wildman–Crippen LogP) is 3.31. The molecule has 59 heavy (non-hydrogen) atoms. The molecule has 2 atom stereocenters. The summed E-state index contributed by atoms with van der Waals surface area (Å²) in [5.41, 5.74) is 8.73. The van der Waals surface area contributed by atoms with Crippen molar-refractivity contribution in [2.24, 2.45) is 18.4 Å². The van der Waals surface area contributed by atoms with Crippen molar-refractivity contribution in [3.05, 3.63) is 74.7 Å². The summed E-state index contributed by atoms with van der Waals surface area (Å²) in [5.74, 6) is 1.83. The fraction of sp³-hybridized carbons (Fsp3) is 0.556. The number of carbonyl (C=O) groups is 3. The topological polar surface area (TPSA) is 132 Å². The highest BCUT2D eigenvalue weighted by molar-refractivity contribution is 6.00. The molecule has 14 nitrogen and oxygen atoms in total. The highest BCUT2D eigenvalue weighted by atomic mass is 16.5. The second-order valence-corrected chi connectivity index (χ2v) is 17.9. The van der Waals surface area contributed by atoms with Crippen LogP contribution in [0.5, 0.6) is 11.5 Å². The number of carbonyl (C=O) groups excluding carboxylic acids is 3. The number of methoxy groups -OCH3 is 2. The molecular weight excluding hydrogens is 749 g/mol. The van der Waals surface area contributed by atoms with Gasteiger partial charge in [0.15, 0.2) is 0 Å². The number of nitrogens with one attached hydrogen (secondary N) is 2. The lowest BCUT2D eigenvalue weighted by Crippen LogP contribution is -2.63. The van der Waals surface area contributed by atoms with E-state index in [0.29, 0.717) is 48.7 Å². The molecule has 1 spiro atoms. The summed E-state index contributed by atoms with van der Waals surface area (Å²) < 4.78 is 13.6. The Morgan fingerprint density at radius 3 is 2.32 bits per heavy atom. The van der Waals surface area contributed by atoms with Crippen molar-refractivity contribution in [1.29, 1.82) is 0 Å². The second-order valence-electron chi connectivity index (χ2n) is 17.9. The first-order valence-electron chi connectivity index (χ1n) is 21.3. The van der Waals surface area contributed by atoms with E-state index in [2.05, 4.69) is 67.5 Å². The molecule has 1 aromatic heterocycles. The molecule has 9 rings (SSSR count). The Morgan fingerprint density at radius 2 is 1.64 bits per heavy atom. The molecule has 3 aromatic rings. The van der Waals surface area contributed by atoms with Crippen LogP contribution >= 0.6 is 0 Å². The van der Waals surface area contributed by atoms with Gasteiger partial charge in [-0.1, -0.05) is 6.07 Å². The maximum absolute atomic E-state index is 13.2. The van der Waals surface area contributed by atoms with E-state index in [9.17, 15) is 19.2 Å². The zero-order valence-corrected chi connectivity index (χ0v) is 35.1. The van der Waals surface area contributed by atoms with E-state index >= 15 is 0 Å². The van der Waals surface area contributed by atoms with Crippen molar-refractivity contribution >= 4 is 23.5 Å². The molecule has 4 fully saturated rings. The minimum atomic E-state index is -0.227. The van der Waals surface area contributed by atoms with E-state index in [-0.39, 0.29) is 36.0 Å². The van der Waals surface area contributed by atoms with Gasteiger partial charge >= 0.3 is 6.03 Å². The Bertz CT molecular complexity index is 2190. The van der Waals surface area contributed by atoms with Crippen LogP contribution < -0.4 is 30.6 Å². The van der Waals surface area contributed by atoms with Gasteiger partial charge in [-0.25, -0.2) is 4.79 Å². The lowest BCUT2D eigenvalue weighted by Gasteiger charge is -2.56. The van der Waals surface area contributed by atoms with Crippen LogP contribution in [0.4, 0.5) is 10.5 Å². The Morgan fingerprint density at radius 1 is 0.932 bits per heavy atom. The van der Waals surface area contributed by atoms with Crippen molar-refractivity contribution in [2.75, 3.05) is 72.0 Å². The van der Waals surface area contributed by atoms with Gasteiger partial charge in [0.1, 0.15) is 11.5 Å². The number of likely N-dealkylation sites (tertiary alicyclic amines) is 2. The summed E-state index contributed by atoms with van der Waals surface area (Å²) in [6.45, 7) is 12.0. The molecule has 0 radical (unpaired) electrons. The third-order valence-corrected chi connectivity index (χ3v) is 14.5. The van der Waals surface area contributed by atoms with Gasteiger partial charge in [-0.05, 0) is 98.1 Å². The minimum Gasteiger partial charge on any atom is -0.496 e. The predicted molar refractivity (Wildman–Crippen MR) is 224 cm³/mol. The zero-order chi connectivity index (χ0) is 41.2. The Labute approximate surface area is 346 Å². The molecule has 2 aromatic carbocycles. The molecule has 6 aliphatic heterocycles. The first-order chi connectivity index (χ1) is 28.5. The van der Waals surface area contributed by atoms with Crippen LogP contribution in [0.2, 0.25) is 0 Å².